The number of fused-ring (bicyclic) bond motifs is 1. The van der Waals surface area contributed by atoms with Crippen LogP contribution in [0.3, 0.4) is 0 Å². The van der Waals surface area contributed by atoms with Crippen LogP contribution in [-0.4, -0.2) is 33.8 Å². The predicted octanol–water partition coefficient (Wildman–Crippen LogP) is 4.27. The van der Waals surface area contributed by atoms with E-state index >= 15 is 0 Å². The Labute approximate surface area is 168 Å². The Morgan fingerprint density at radius 3 is 2.52 bits per heavy atom. The third-order valence-electron chi connectivity index (χ3n) is 5.21. The maximum absolute atomic E-state index is 13.2. The van der Waals surface area contributed by atoms with Crippen molar-refractivity contribution in [1.29, 1.82) is 0 Å². The van der Waals surface area contributed by atoms with Crippen LogP contribution in [0.2, 0.25) is 0 Å². The first-order valence-electron chi connectivity index (χ1n) is 9.85. The molecule has 1 fully saturated rings. The highest BCUT2D eigenvalue weighted by Crippen LogP contribution is 2.27. The summed E-state index contributed by atoms with van der Waals surface area (Å²) in [6, 6.07) is 21.4. The van der Waals surface area contributed by atoms with E-state index in [9.17, 15) is 4.79 Å². The second kappa shape index (κ2) is 7.39. The van der Waals surface area contributed by atoms with Gasteiger partial charge in [0.05, 0.1) is 16.8 Å². The topological polar surface area (TPSA) is 63.1 Å². The number of pyridine rings is 1. The van der Waals surface area contributed by atoms with Gasteiger partial charge in [-0.15, -0.1) is 0 Å². The van der Waals surface area contributed by atoms with Gasteiger partial charge in [0, 0.05) is 30.7 Å². The number of benzene rings is 2. The minimum atomic E-state index is -0.191. The molecule has 29 heavy (non-hydrogen) atoms. The molecule has 6 heteroatoms. The molecule has 0 saturated carbocycles. The average Bonchev–Trinajstić information content (AvgIpc) is 3.46. The first-order chi connectivity index (χ1) is 14.3. The molecule has 5 rings (SSSR count). The van der Waals surface area contributed by atoms with E-state index in [4.69, 9.17) is 4.98 Å². The number of carbonyl (C=O) groups is 1. The Kier molecular flexibility index (Phi) is 4.44. The maximum atomic E-state index is 13.2. The summed E-state index contributed by atoms with van der Waals surface area (Å²) in [7, 11) is 0. The van der Waals surface area contributed by atoms with Crippen molar-refractivity contribution in [2.45, 2.75) is 12.8 Å². The smallest absolute Gasteiger partial charge is 0.260 e. The molecule has 2 aromatic carbocycles. The van der Waals surface area contributed by atoms with E-state index in [1.807, 2.05) is 66.9 Å². The number of amides is 1. The highest BCUT2D eigenvalue weighted by molar-refractivity contribution is 6.09. The van der Waals surface area contributed by atoms with E-state index in [2.05, 4.69) is 15.3 Å². The molecule has 0 radical (unpaired) electrons. The second-order valence-electron chi connectivity index (χ2n) is 7.18. The zero-order valence-electron chi connectivity index (χ0n) is 16.0. The summed E-state index contributed by atoms with van der Waals surface area (Å²) >= 11 is 0. The summed E-state index contributed by atoms with van der Waals surface area (Å²) in [5.74, 6) is 1.07. The molecular weight excluding hydrogens is 362 g/mol. The first-order valence-corrected chi connectivity index (χ1v) is 9.85. The van der Waals surface area contributed by atoms with Crippen LogP contribution < -0.4 is 10.2 Å². The van der Waals surface area contributed by atoms with Gasteiger partial charge in [0.15, 0.2) is 5.82 Å². The Bertz CT molecular complexity index is 1160. The molecule has 6 nitrogen and oxygen atoms in total. The molecule has 0 aliphatic carbocycles. The van der Waals surface area contributed by atoms with E-state index in [1.54, 1.807) is 10.7 Å². The van der Waals surface area contributed by atoms with Crippen molar-refractivity contribution >= 4 is 28.4 Å². The van der Waals surface area contributed by atoms with Gasteiger partial charge >= 0.3 is 0 Å². The van der Waals surface area contributed by atoms with Crippen molar-refractivity contribution in [2.24, 2.45) is 0 Å². The van der Waals surface area contributed by atoms with Gasteiger partial charge in [-0.1, -0.05) is 36.4 Å². The molecule has 1 N–H and O–H groups in total. The number of nitrogens with zero attached hydrogens (tertiary/aromatic N) is 4. The summed E-state index contributed by atoms with van der Waals surface area (Å²) in [6.45, 7) is 1.85. The van der Waals surface area contributed by atoms with Gasteiger partial charge in [0.25, 0.3) is 5.91 Å². The monoisotopic (exact) mass is 383 g/mol. The maximum Gasteiger partial charge on any atom is 0.260 e. The van der Waals surface area contributed by atoms with Crippen LogP contribution >= 0.6 is 0 Å². The van der Waals surface area contributed by atoms with Gasteiger partial charge in [-0.05, 0) is 37.1 Å². The van der Waals surface area contributed by atoms with Crippen molar-refractivity contribution in [3.63, 3.8) is 0 Å². The van der Waals surface area contributed by atoms with Crippen LogP contribution in [0.4, 0.5) is 11.6 Å². The minimum Gasteiger partial charge on any atom is -0.356 e. The van der Waals surface area contributed by atoms with Crippen molar-refractivity contribution in [3.05, 3.63) is 78.5 Å². The largest absolute Gasteiger partial charge is 0.356 e. The van der Waals surface area contributed by atoms with Crippen LogP contribution in [0.5, 0.6) is 0 Å². The lowest BCUT2D eigenvalue weighted by atomic mass is 10.1. The molecule has 144 valence electrons. The number of hydrogen-bond acceptors (Lipinski definition) is 4. The van der Waals surface area contributed by atoms with Gasteiger partial charge in [-0.3, -0.25) is 4.79 Å². The summed E-state index contributed by atoms with van der Waals surface area (Å²) in [5, 5.41) is 8.38. The number of rotatable bonds is 4. The molecule has 0 atom stereocenters. The van der Waals surface area contributed by atoms with Gasteiger partial charge in [-0.25, -0.2) is 9.67 Å². The number of para-hydroxylation sites is 2. The van der Waals surface area contributed by atoms with Gasteiger partial charge < -0.3 is 10.2 Å². The first kappa shape index (κ1) is 17.4. The van der Waals surface area contributed by atoms with Gasteiger partial charge in [0.2, 0.25) is 0 Å². The van der Waals surface area contributed by atoms with E-state index in [-0.39, 0.29) is 5.91 Å². The van der Waals surface area contributed by atoms with Crippen molar-refractivity contribution in [2.75, 3.05) is 23.3 Å². The minimum absolute atomic E-state index is 0.191. The van der Waals surface area contributed by atoms with Crippen LogP contribution in [0, 0.1) is 0 Å². The highest BCUT2D eigenvalue weighted by atomic mass is 16.1. The molecule has 1 aliphatic rings. The molecule has 4 aromatic rings. The molecule has 3 heterocycles. The Hall–Kier alpha value is -3.67. The molecule has 0 unspecified atom stereocenters. The standard InChI is InChI=1S/C23H21N5O/c29-23(25-21-12-15-28(26-21)18-9-2-1-3-10-18)19-16-17-8-4-5-11-20(17)24-22(19)27-13-6-7-14-27/h1-5,8-12,15-16H,6-7,13-14H2,(H,25,26,29). The van der Waals surface area contributed by atoms with Crippen LogP contribution in [-0.2, 0) is 0 Å². The highest BCUT2D eigenvalue weighted by Gasteiger charge is 2.22. The Morgan fingerprint density at radius 2 is 1.69 bits per heavy atom. The lowest BCUT2D eigenvalue weighted by Crippen LogP contribution is -2.24. The lowest BCUT2D eigenvalue weighted by Gasteiger charge is -2.20. The van der Waals surface area contributed by atoms with Crippen LogP contribution in [0.25, 0.3) is 16.6 Å². The normalized spacial score (nSPS) is 13.7. The summed E-state index contributed by atoms with van der Waals surface area (Å²) < 4.78 is 1.75. The van der Waals surface area contributed by atoms with Crippen LogP contribution in [0.1, 0.15) is 23.2 Å². The van der Waals surface area contributed by atoms with E-state index in [0.717, 1.165) is 48.3 Å². The molecule has 2 aromatic heterocycles. The number of anilines is 2. The molecule has 1 aliphatic heterocycles. The van der Waals surface area contributed by atoms with Crippen molar-refractivity contribution in [3.8, 4) is 5.69 Å². The summed E-state index contributed by atoms with van der Waals surface area (Å²) in [4.78, 5) is 20.2. The fourth-order valence-corrected chi connectivity index (χ4v) is 3.74. The third kappa shape index (κ3) is 3.45. The quantitative estimate of drug-likeness (QED) is 0.572. The second-order valence-corrected chi connectivity index (χ2v) is 7.18. The number of nitrogens with one attached hydrogen (secondary N) is 1. The summed E-state index contributed by atoms with van der Waals surface area (Å²) in [5.41, 5.74) is 2.43. The zero-order chi connectivity index (χ0) is 19.6. The van der Waals surface area contributed by atoms with E-state index in [0.29, 0.717) is 11.4 Å². The van der Waals surface area contributed by atoms with Crippen molar-refractivity contribution in [1.82, 2.24) is 14.8 Å². The van der Waals surface area contributed by atoms with Gasteiger partial charge in [-0.2, -0.15) is 5.10 Å². The molecule has 1 amide bonds. The molecule has 1 saturated heterocycles. The number of aromatic nitrogens is 3. The van der Waals surface area contributed by atoms with E-state index in [1.165, 1.54) is 0 Å². The lowest BCUT2D eigenvalue weighted by molar-refractivity contribution is 0.102. The Morgan fingerprint density at radius 1 is 0.931 bits per heavy atom. The van der Waals surface area contributed by atoms with E-state index < -0.39 is 0 Å². The SMILES string of the molecule is O=C(Nc1ccn(-c2ccccc2)n1)c1cc2ccccc2nc1N1CCCC1. The molecule has 0 bridgehead atoms. The van der Waals surface area contributed by atoms with Crippen molar-refractivity contribution < 1.29 is 4.79 Å². The molecule has 0 spiro atoms. The predicted molar refractivity (Wildman–Crippen MR) is 115 cm³/mol. The number of hydrogen-bond donors (Lipinski definition) is 1. The fourth-order valence-electron chi connectivity index (χ4n) is 3.74. The Balaban J connectivity index is 1.47. The summed E-state index contributed by atoms with van der Waals surface area (Å²) in [6.07, 6.45) is 4.08. The fraction of sp³-hybridized carbons (Fsp3) is 0.174. The third-order valence-corrected chi connectivity index (χ3v) is 5.21. The van der Waals surface area contributed by atoms with Gasteiger partial charge in [0.1, 0.15) is 5.82 Å². The zero-order valence-corrected chi connectivity index (χ0v) is 16.0. The average molecular weight is 383 g/mol. The molecular formula is C23H21N5O. The van der Waals surface area contributed by atoms with Crippen LogP contribution in [0.15, 0.2) is 72.9 Å². The number of carbonyl (C=O) groups excluding carboxylic acids is 1.